The highest BCUT2D eigenvalue weighted by Gasteiger charge is 2.13. The van der Waals surface area contributed by atoms with Gasteiger partial charge >= 0.3 is 0 Å². The molecular weight excluding hydrogens is 287 g/mol. The van der Waals surface area contributed by atoms with Gasteiger partial charge in [-0.3, -0.25) is 4.79 Å². The third kappa shape index (κ3) is 2.92. The summed E-state index contributed by atoms with van der Waals surface area (Å²) >= 11 is 11.8. The number of nitrogens with one attached hydrogen (secondary N) is 1. The highest BCUT2D eigenvalue weighted by Crippen LogP contribution is 2.30. The summed E-state index contributed by atoms with van der Waals surface area (Å²) in [4.78, 5) is 12.0. The zero-order valence-corrected chi connectivity index (χ0v) is 11.2. The van der Waals surface area contributed by atoms with Crippen LogP contribution in [0.2, 0.25) is 10.0 Å². The molecule has 0 fully saturated rings. The summed E-state index contributed by atoms with van der Waals surface area (Å²) in [6.45, 7) is 0. The van der Waals surface area contributed by atoms with Crippen LogP contribution in [0.15, 0.2) is 36.4 Å². The molecule has 19 heavy (non-hydrogen) atoms. The zero-order valence-electron chi connectivity index (χ0n) is 9.65. The van der Waals surface area contributed by atoms with Crippen LogP contribution in [-0.2, 0) is 0 Å². The number of carbonyl (C=O) groups is 1. The summed E-state index contributed by atoms with van der Waals surface area (Å²) in [5.41, 5.74) is 6.48. The molecule has 0 heterocycles. The molecule has 1 amide bonds. The molecule has 0 unspecified atom stereocenters. The normalized spacial score (nSPS) is 10.2. The van der Waals surface area contributed by atoms with Gasteiger partial charge in [0.15, 0.2) is 0 Å². The number of anilines is 2. The maximum Gasteiger partial charge on any atom is 0.257 e. The van der Waals surface area contributed by atoms with Crippen molar-refractivity contribution >= 4 is 40.5 Å². The molecule has 6 heteroatoms. The average Bonchev–Trinajstić information content (AvgIpc) is 2.38. The molecule has 0 saturated heterocycles. The fraction of sp³-hybridized carbons (Fsp3) is 0. The van der Waals surface area contributed by atoms with E-state index in [1.807, 2.05) is 0 Å². The second-order valence-corrected chi connectivity index (χ2v) is 4.61. The monoisotopic (exact) mass is 296 g/mol. The van der Waals surface area contributed by atoms with Crippen LogP contribution in [-0.4, -0.2) is 11.0 Å². The molecular formula is C13H10Cl2N2O2. The average molecular weight is 297 g/mol. The maximum atomic E-state index is 12.0. The van der Waals surface area contributed by atoms with E-state index in [0.29, 0.717) is 10.7 Å². The molecule has 4 nitrogen and oxygen atoms in total. The molecule has 0 spiro atoms. The van der Waals surface area contributed by atoms with Gasteiger partial charge in [0.05, 0.1) is 21.3 Å². The maximum absolute atomic E-state index is 12.0. The summed E-state index contributed by atoms with van der Waals surface area (Å²) in [7, 11) is 0. The predicted molar refractivity (Wildman–Crippen MR) is 76.9 cm³/mol. The van der Waals surface area contributed by atoms with Gasteiger partial charge in [0.25, 0.3) is 5.91 Å². The van der Waals surface area contributed by atoms with Crippen LogP contribution < -0.4 is 11.1 Å². The van der Waals surface area contributed by atoms with Crippen molar-refractivity contribution in [3.8, 4) is 5.75 Å². The van der Waals surface area contributed by atoms with E-state index in [1.165, 1.54) is 18.2 Å². The number of amides is 1. The minimum atomic E-state index is -0.474. The van der Waals surface area contributed by atoms with E-state index in [-0.39, 0.29) is 22.0 Å². The topological polar surface area (TPSA) is 75.3 Å². The molecule has 4 N–H and O–H groups in total. The molecule has 0 aromatic heterocycles. The zero-order chi connectivity index (χ0) is 14.0. The van der Waals surface area contributed by atoms with Crippen LogP contribution in [0.25, 0.3) is 0 Å². The van der Waals surface area contributed by atoms with Crippen molar-refractivity contribution in [1.82, 2.24) is 0 Å². The molecule has 2 aromatic rings. The number of carbonyl (C=O) groups excluding carboxylic acids is 1. The van der Waals surface area contributed by atoms with Crippen LogP contribution in [0.5, 0.6) is 5.75 Å². The first-order chi connectivity index (χ1) is 8.99. The van der Waals surface area contributed by atoms with Gasteiger partial charge in [0.1, 0.15) is 5.75 Å². The van der Waals surface area contributed by atoms with Gasteiger partial charge in [-0.25, -0.2) is 0 Å². The summed E-state index contributed by atoms with van der Waals surface area (Å²) in [5.74, 6) is -0.519. The first kappa shape index (κ1) is 13.5. The van der Waals surface area contributed by atoms with Crippen molar-refractivity contribution < 1.29 is 9.90 Å². The molecule has 98 valence electrons. The summed E-state index contributed by atoms with van der Waals surface area (Å²) < 4.78 is 0. The molecule has 0 aliphatic heterocycles. The number of benzene rings is 2. The van der Waals surface area contributed by atoms with Crippen molar-refractivity contribution in [3.05, 3.63) is 52.0 Å². The molecule has 2 aromatic carbocycles. The SMILES string of the molecule is Nc1ccc(O)cc1C(=O)Nc1cccc(Cl)c1Cl. The second-order valence-electron chi connectivity index (χ2n) is 3.83. The van der Waals surface area contributed by atoms with Crippen LogP contribution in [0.4, 0.5) is 11.4 Å². The fourth-order valence-corrected chi connectivity index (χ4v) is 1.88. The summed E-state index contributed by atoms with van der Waals surface area (Å²) in [5, 5.41) is 12.5. The van der Waals surface area contributed by atoms with Gasteiger partial charge in [-0.2, -0.15) is 0 Å². The molecule has 0 atom stereocenters. The number of hydrogen-bond acceptors (Lipinski definition) is 3. The third-order valence-corrected chi connectivity index (χ3v) is 3.30. The number of rotatable bonds is 2. The van der Waals surface area contributed by atoms with Crippen LogP contribution in [0.1, 0.15) is 10.4 Å². The Hall–Kier alpha value is -1.91. The van der Waals surface area contributed by atoms with E-state index in [2.05, 4.69) is 5.32 Å². The van der Waals surface area contributed by atoms with E-state index in [1.54, 1.807) is 18.2 Å². The minimum Gasteiger partial charge on any atom is -0.508 e. The van der Waals surface area contributed by atoms with Crippen molar-refractivity contribution in [2.75, 3.05) is 11.1 Å². The summed E-state index contributed by atoms with van der Waals surface area (Å²) in [6.07, 6.45) is 0. The first-order valence-electron chi connectivity index (χ1n) is 5.33. The first-order valence-corrected chi connectivity index (χ1v) is 6.08. The number of nitrogens with two attached hydrogens (primary N) is 1. The van der Waals surface area contributed by atoms with E-state index < -0.39 is 5.91 Å². The lowest BCUT2D eigenvalue weighted by Gasteiger charge is -2.10. The van der Waals surface area contributed by atoms with Crippen molar-refractivity contribution in [2.24, 2.45) is 0 Å². The predicted octanol–water partition coefficient (Wildman–Crippen LogP) is 3.53. The van der Waals surface area contributed by atoms with E-state index in [9.17, 15) is 9.90 Å². The number of phenols is 1. The molecule has 0 radical (unpaired) electrons. The van der Waals surface area contributed by atoms with E-state index in [0.717, 1.165) is 0 Å². The van der Waals surface area contributed by atoms with Gasteiger partial charge in [0.2, 0.25) is 0 Å². The van der Waals surface area contributed by atoms with Crippen molar-refractivity contribution in [3.63, 3.8) is 0 Å². The number of nitrogen functional groups attached to an aromatic ring is 1. The largest absolute Gasteiger partial charge is 0.508 e. The lowest BCUT2D eigenvalue weighted by Crippen LogP contribution is -2.14. The highest BCUT2D eigenvalue weighted by atomic mass is 35.5. The molecule has 0 aliphatic carbocycles. The minimum absolute atomic E-state index is 0.0449. The Morgan fingerprint density at radius 1 is 1.21 bits per heavy atom. The van der Waals surface area contributed by atoms with Gasteiger partial charge in [-0.05, 0) is 30.3 Å². The Balaban J connectivity index is 2.31. The smallest absolute Gasteiger partial charge is 0.257 e. The van der Waals surface area contributed by atoms with Gasteiger partial charge in [-0.15, -0.1) is 0 Å². The third-order valence-electron chi connectivity index (χ3n) is 2.48. The molecule has 0 saturated carbocycles. The number of aromatic hydroxyl groups is 1. The quantitative estimate of drug-likeness (QED) is 0.586. The van der Waals surface area contributed by atoms with Crippen molar-refractivity contribution in [1.29, 1.82) is 0 Å². The van der Waals surface area contributed by atoms with Crippen LogP contribution >= 0.6 is 23.2 Å². The standard InChI is InChI=1S/C13H10Cl2N2O2/c14-9-2-1-3-11(12(9)15)17-13(19)8-6-7(18)4-5-10(8)16/h1-6,18H,16H2,(H,17,19). The van der Waals surface area contributed by atoms with E-state index >= 15 is 0 Å². The Bertz CT molecular complexity index is 645. The fourth-order valence-electron chi connectivity index (χ4n) is 1.53. The van der Waals surface area contributed by atoms with Gasteiger partial charge < -0.3 is 16.2 Å². The Morgan fingerprint density at radius 3 is 2.68 bits per heavy atom. The van der Waals surface area contributed by atoms with E-state index in [4.69, 9.17) is 28.9 Å². The van der Waals surface area contributed by atoms with Gasteiger partial charge in [-0.1, -0.05) is 29.3 Å². The Morgan fingerprint density at radius 2 is 1.95 bits per heavy atom. The van der Waals surface area contributed by atoms with Crippen molar-refractivity contribution in [2.45, 2.75) is 0 Å². The molecule has 0 aliphatic rings. The van der Waals surface area contributed by atoms with Crippen LogP contribution in [0.3, 0.4) is 0 Å². The van der Waals surface area contributed by atoms with Gasteiger partial charge in [0, 0.05) is 5.69 Å². The lowest BCUT2D eigenvalue weighted by atomic mass is 10.1. The number of halogens is 2. The highest BCUT2D eigenvalue weighted by molar-refractivity contribution is 6.44. The Labute approximate surface area is 119 Å². The van der Waals surface area contributed by atoms with Crippen LogP contribution in [0, 0.1) is 0 Å². The summed E-state index contributed by atoms with van der Waals surface area (Å²) in [6, 6.07) is 9.02. The number of hydrogen-bond donors (Lipinski definition) is 3. The Kier molecular flexibility index (Phi) is 3.83. The second kappa shape index (κ2) is 5.38. The molecule has 0 bridgehead atoms. The lowest BCUT2D eigenvalue weighted by molar-refractivity contribution is 0.102. The number of phenolic OH excluding ortho intramolecular Hbond substituents is 1. The molecule has 2 rings (SSSR count).